The molecule has 0 saturated carbocycles. The van der Waals surface area contributed by atoms with E-state index in [9.17, 15) is 13.2 Å². The minimum atomic E-state index is -3.77. The Labute approximate surface area is 212 Å². The van der Waals surface area contributed by atoms with Gasteiger partial charge in [0.15, 0.2) is 0 Å². The first kappa shape index (κ1) is 25.9. The second-order valence-corrected chi connectivity index (χ2v) is 11.7. The van der Waals surface area contributed by atoms with Gasteiger partial charge in [0.1, 0.15) is 18.0 Å². The lowest BCUT2D eigenvalue weighted by Crippen LogP contribution is -2.59. The average molecular weight is 522 g/mol. The molecule has 35 heavy (non-hydrogen) atoms. The van der Waals surface area contributed by atoms with E-state index in [-0.39, 0.29) is 43.5 Å². The Morgan fingerprint density at radius 1 is 1.09 bits per heavy atom. The Morgan fingerprint density at radius 2 is 1.83 bits per heavy atom. The number of likely N-dealkylation sites (N-methyl/N-ethyl adjacent to an activating group) is 1. The van der Waals surface area contributed by atoms with E-state index in [1.165, 1.54) is 4.31 Å². The van der Waals surface area contributed by atoms with Crippen LogP contribution in [-0.4, -0.2) is 93.6 Å². The fraction of sp³-hybridized carbons (Fsp3) is 0.480. The van der Waals surface area contributed by atoms with Crippen LogP contribution in [0.1, 0.15) is 12.0 Å². The highest BCUT2D eigenvalue weighted by Crippen LogP contribution is 2.30. The number of carbonyl (C=O) groups excluding carboxylic acids is 1. The largest absolute Gasteiger partial charge is 0.490 e. The number of benzene rings is 2. The number of amides is 1. The van der Waals surface area contributed by atoms with Crippen molar-refractivity contribution in [2.45, 2.75) is 23.8 Å². The van der Waals surface area contributed by atoms with Crippen molar-refractivity contribution in [1.82, 2.24) is 14.1 Å². The molecule has 0 spiro atoms. The molecule has 2 aromatic rings. The summed E-state index contributed by atoms with van der Waals surface area (Å²) in [7, 11) is -1.74. The number of sulfonamides is 1. The molecule has 0 aliphatic carbocycles. The first-order valence-corrected chi connectivity index (χ1v) is 13.5. The van der Waals surface area contributed by atoms with Crippen molar-refractivity contribution in [3.05, 3.63) is 59.1 Å². The average Bonchev–Trinajstić information content (AvgIpc) is 2.83. The Kier molecular flexibility index (Phi) is 8.02. The molecule has 0 aromatic heterocycles. The van der Waals surface area contributed by atoms with Crippen molar-refractivity contribution in [2.75, 3.05) is 59.5 Å². The fourth-order valence-electron chi connectivity index (χ4n) is 4.40. The number of carbonyl (C=O) groups is 1. The van der Waals surface area contributed by atoms with Crippen LogP contribution in [0, 0.1) is 6.92 Å². The molecular weight excluding hydrogens is 490 g/mol. The van der Waals surface area contributed by atoms with Crippen molar-refractivity contribution in [3.8, 4) is 5.75 Å². The zero-order chi connectivity index (χ0) is 25.1. The summed E-state index contributed by atoms with van der Waals surface area (Å²) in [6, 6.07) is 13.8. The molecule has 1 unspecified atom stereocenters. The maximum absolute atomic E-state index is 13.5. The van der Waals surface area contributed by atoms with Gasteiger partial charge in [0.25, 0.3) is 0 Å². The molecule has 0 N–H and O–H groups in total. The lowest BCUT2D eigenvalue weighted by Gasteiger charge is -2.43. The van der Waals surface area contributed by atoms with E-state index < -0.39 is 15.6 Å². The number of hydrogen-bond donors (Lipinski definition) is 0. The molecule has 0 radical (unpaired) electrons. The van der Waals surface area contributed by atoms with Gasteiger partial charge in [-0.1, -0.05) is 29.8 Å². The molecule has 1 amide bonds. The van der Waals surface area contributed by atoms with Gasteiger partial charge in [-0.05, 0) is 49.9 Å². The molecule has 4 rings (SSSR count). The fourth-order valence-corrected chi connectivity index (χ4v) is 6.18. The third-order valence-electron chi connectivity index (χ3n) is 6.47. The first-order chi connectivity index (χ1) is 16.7. The summed E-state index contributed by atoms with van der Waals surface area (Å²) in [5, 5.41) is 0.526. The zero-order valence-corrected chi connectivity index (χ0v) is 21.7. The zero-order valence-electron chi connectivity index (χ0n) is 20.2. The number of morpholine rings is 1. The summed E-state index contributed by atoms with van der Waals surface area (Å²) in [5.74, 6) is 0.466. The van der Waals surface area contributed by atoms with Crippen molar-refractivity contribution >= 4 is 27.5 Å². The molecule has 190 valence electrons. The van der Waals surface area contributed by atoms with E-state index in [1.54, 1.807) is 42.5 Å². The van der Waals surface area contributed by atoms with E-state index >= 15 is 0 Å². The van der Waals surface area contributed by atoms with E-state index in [0.29, 0.717) is 23.9 Å². The van der Waals surface area contributed by atoms with Gasteiger partial charge in [0, 0.05) is 44.3 Å². The number of piperazine rings is 1. The third-order valence-corrected chi connectivity index (χ3v) is 8.54. The van der Waals surface area contributed by atoms with E-state index in [2.05, 4.69) is 4.90 Å². The number of nitrogens with zero attached hydrogens (tertiary/aromatic N) is 3. The summed E-state index contributed by atoms with van der Waals surface area (Å²) in [5.41, 5.74) is -0.266. The molecule has 2 heterocycles. The molecule has 2 aromatic carbocycles. The molecule has 1 atom stereocenters. The van der Waals surface area contributed by atoms with Gasteiger partial charge in [0.05, 0.1) is 17.9 Å². The smallest absolute Gasteiger partial charge is 0.243 e. The third kappa shape index (κ3) is 6.34. The quantitative estimate of drug-likeness (QED) is 0.557. The van der Waals surface area contributed by atoms with Crippen LogP contribution in [0.2, 0.25) is 5.02 Å². The summed E-state index contributed by atoms with van der Waals surface area (Å²) in [4.78, 5) is 17.5. The Morgan fingerprint density at radius 3 is 2.54 bits per heavy atom. The normalized spacial score (nSPS) is 22.2. The van der Waals surface area contributed by atoms with Gasteiger partial charge in [-0.25, -0.2) is 8.42 Å². The number of aryl methyl sites for hydroxylation is 1. The highest BCUT2D eigenvalue weighted by atomic mass is 35.5. The van der Waals surface area contributed by atoms with Crippen LogP contribution in [0.25, 0.3) is 0 Å². The lowest BCUT2D eigenvalue weighted by atomic mass is 9.97. The Bertz CT molecular complexity index is 1150. The minimum absolute atomic E-state index is 0.0172. The van der Waals surface area contributed by atoms with E-state index in [4.69, 9.17) is 21.1 Å². The number of halogens is 1. The number of hydrogen-bond acceptors (Lipinski definition) is 6. The van der Waals surface area contributed by atoms with Crippen LogP contribution in [0.3, 0.4) is 0 Å². The van der Waals surface area contributed by atoms with Gasteiger partial charge >= 0.3 is 0 Å². The van der Waals surface area contributed by atoms with Crippen LogP contribution in [0.4, 0.5) is 0 Å². The van der Waals surface area contributed by atoms with Gasteiger partial charge < -0.3 is 19.3 Å². The van der Waals surface area contributed by atoms with Crippen molar-refractivity contribution in [3.63, 3.8) is 0 Å². The van der Waals surface area contributed by atoms with Crippen molar-refractivity contribution < 1.29 is 22.7 Å². The molecule has 2 aliphatic heterocycles. The Hall–Kier alpha value is -2.17. The maximum Gasteiger partial charge on any atom is 0.243 e. The summed E-state index contributed by atoms with van der Waals surface area (Å²) in [6.07, 6.45) is 0.0249. The predicted molar refractivity (Wildman–Crippen MR) is 134 cm³/mol. The first-order valence-electron chi connectivity index (χ1n) is 11.7. The van der Waals surface area contributed by atoms with Gasteiger partial charge in [0.2, 0.25) is 15.9 Å². The molecule has 2 saturated heterocycles. The predicted octanol–water partition coefficient (Wildman–Crippen LogP) is 2.65. The second-order valence-electron chi connectivity index (χ2n) is 9.29. The molecule has 2 aliphatic rings. The van der Waals surface area contributed by atoms with Gasteiger partial charge in [-0.2, -0.15) is 4.31 Å². The van der Waals surface area contributed by atoms with Crippen molar-refractivity contribution in [1.29, 1.82) is 0 Å². The monoisotopic (exact) mass is 521 g/mol. The van der Waals surface area contributed by atoms with E-state index in [0.717, 1.165) is 18.7 Å². The highest BCUT2D eigenvalue weighted by molar-refractivity contribution is 7.89. The van der Waals surface area contributed by atoms with E-state index in [1.807, 2.05) is 24.9 Å². The van der Waals surface area contributed by atoms with Crippen LogP contribution >= 0.6 is 11.6 Å². The minimum Gasteiger partial charge on any atom is -0.490 e. The number of rotatable bonds is 7. The topological polar surface area (TPSA) is 79.4 Å². The Balaban J connectivity index is 1.58. The summed E-state index contributed by atoms with van der Waals surface area (Å²) < 4.78 is 40.5. The van der Waals surface area contributed by atoms with Crippen LogP contribution < -0.4 is 4.74 Å². The van der Waals surface area contributed by atoms with Crippen LogP contribution in [-0.2, 0) is 19.6 Å². The summed E-state index contributed by atoms with van der Waals surface area (Å²) >= 11 is 6.10. The lowest BCUT2D eigenvalue weighted by molar-refractivity contribution is -0.151. The molecule has 2 fully saturated rings. The molecular formula is C25H32ClN3O5S. The SMILES string of the molecule is Cc1cccc(S(=O)(=O)N2CCOC(COc3cccc(Cl)c3)(CC(=O)N3CCN(C)CC3)C2)c1. The highest BCUT2D eigenvalue weighted by Gasteiger charge is 2.44. The number of ether oxygens (including phenoxy) is 2. The van der Waals surface area contributed by atoms with Crippen LogP contribution in [0.5, 0.6) is 5.75 Å². The summed E-state index contributed by atoms with van der Waals surface area (Å²) in [6.45, 7) is 5.13. The van der Waals surface area contributed by atoms with Crippen LogP contribution in [0.15, 0.2) is 53.4 Å². The molecule has 8 nitrogen and oxygen atoms in total. The van der Waals surface area contributed by atoms with Gasteiger partial charge in [-0.3, -0.25) is 4.79 Å². The van der Waals surface area contributed by atoms with Gasteiger partial charge in [-0.15, -0.1) is 0 Å². The molecule has 0 bridgehead atoms. The standard InChI is InChI=1S/C25H32ClN3O5S/c1-20-5-3-8-23(15-20)35(31,32)29-13-14-34-25(18-29,19-33-22-7-4-6-21(26)16-22)17-24(30)28-11-9-27(2)10-12-28/h3-8,15-16H,9-14,17-19H2,1-2H3. The second kappa shape index (κ2) is 10.8. The maximum atomic E-state index is 13.5. The van der Waals surface area contributed by atoms with Crippen molar-refractivity contribution in [2.24, 2.45) is 0 Å². The molecule has 10 heteroatoms.